The van der Waals surface area contributed by atoms with E-state index in [1.54, 1.807) is 69.6 Å². The van der Waals surface area contributed by atoms with Crippen molar-refractivity contribution < 1.29 is 79.0 Å². The molecule has 8 aromatic carbocycles. The van der Waals surface area contributed by atoms with Crippen LogP contribution in [-0.2, 0) is 25.8 Å². The number of anilines is 2. The lowest BCUT2D eigenvalue weighted by atomic mass is 9.93. The zero-order chi connectivity index (χ0) is 103. The Morgan fingerprint density at radius 3 is 1.79 bits per heavy atom. The Bertz CT molecular complexity index is 7710. The number of rotatable bonds is 32. The zero-order valence-corrected chi connectivity index (χ0v) is 81.2. The number of nitrogens with one attached hydrogen (secondary N) is 2. The molecule has 0 radical (unpaired) electrons. The molecule has 9 aromatic heterocycles. The van der Waals surface area contributed by atoms with Gasteiger partial charge in [0.2, 0.25) is 11.8 Å². The second-order valence-electron chi connectivity index (χ2n) is 34.3. The summed E-state index contributed by atoms with van der Waals surface area (Å²) in [6.45, 7) is 14.3. The summed E-state index contributed by atoms with van der Waals surface area (Å²) in [4.78, 5) is 103. The highest BCUT2D eigenvalue weighted by Crippen LogP contribution is 2.41. The number of nitrogens with two attached hydrogens (primary N) is 1. The van der Waals surface area contributed by atoms with E-state index in [1.807, 2.05) is 6.20 Å². The number of aromatic amines is 1. The number of imidazole rings is 1. The van der Waals surface area contributed by atoms with E-state index in [0.717, 1.165) is 106 Å². The fourth-order valence-electron chi connectivity index (χ4n) is 16.6. The van der Waals surface area contributed by atoms with Crippen molar-refractivity contribution in [1.82, 2.24) is 78.4 Å². The van der Waals surface area contributed by atoms with Gasteiger partial charge in [-0.15, -0.1) is 0 Å². The van der Waals surface area contributed by atoms with E-state index >= 15 is 4.39 Å². The van der Waals surface area contributed by atoms with Gasteiger partial charge in [-0.3, -0.25) is 43.0 Å². The highest BCUT2D eigenvalue weighted by Gasteiger charge is 2.30. The third kappa shape index (κ3) is 25.3. The molecule has 38 heteroatoms. The second kappa shape index (κ2) is 48.3. The van der Waals surface area contributed by atoms with Gasteiger partial charge in [0.25, 0.3) is 11.1 Å². The quantitative estimate of drug-likeness (QED) is 0.0173. The molecule has 1 aliphatic heterocycles. The number of aliphatic hydroxyl groups excluding tert-OH is 1. The summed E-state index contributed by atoms with van der Waals surface area (Å²) in [7, 11) is 5.24. The van der Waals surface area contributed by atoms with Crippen LogP contribution < -0.4 is 55.3 Å². The Kier molecular flexibility index (Phi) is 34.4. The molecule has 1 saturated carbocycles. The first-order chi connectivity index (χ1) is 70.7. The minimum Gasteiger partial charge on any atom is -0.493 e. The summed E-state index contributed by atoms with van der Waals surface area (Å²) >= 11 is 6.04. The van der Waals surface area contributed by atoms with Crippen molar-refractivity contribution in [3.63, 3.8) is 0 Å². The van der Waals surface area contributed by atoms with Gasteiger partial charge in [0.15, 0.2) is 92.0 Å². The summed E-state index contributed by atoms with van der Waals surface area (Å²) in [5.41, 5.74) is 13.1. The number of Topliss-reactive ketones (excluding diaryl/α,β-unsaturated/α-hetero) is 3. The van der Waals surface area contributed by atoms with Gasteiger partial charge in [0, 0.05) is 124 Å². The molecular formula is C109H105ClF6N18O13. The third-order valence-corrected chi connectivity index (χ3v) is 24.6. The average molecular weight is 2020 g/mol. The summed E-state index contributed by atoms with van der Waals surface area (Å²) in [5, 5.41) is 24.5. The lowest BCUT2D eigenvalue weighted by Gasteiger charge is -2.32. The number of hydrogen-bond donors (Lipinski definition) is 4. The molecule has 0 amide bonds. The number of aryl methyl sites for hydroxylation is 1. The van der Waals surface area contributed by atoms with Crippen LogP contribution in [0.1, 0.15) is 132 Å². The van der Waals surface area contributed by atoms with Crippen molar-refractivity contribution in [2.75, 3.05) is 78.3 Å². The van der Waals surface area contributed by atoms with Gasteiger partial charge in [-0.05, 0) is 221 Å². The molecule has 0 spiro atoms. The van der Waals surface area contributed by atoms with E-state index in [1.165, 1.54) is 186 Å². The molecule has 5 N–H and O–H groups in total. The van der Waals surface area contributed by atoms with Crippen LogP contribution in [0.2, 0.25) is 5.02 Å². The van der Waals surface area contributed by atoms with Crippen LogP contribution in [-0.4, -0.2) is 174 Å². The van der Waals surface area contributed by atoms with Gasteiger partial charge in [-0.25, -0.2) is 55.6 Å². The van der Waals surface area contributed by atoms with E-state index in [-0.39, 0.29) is 119 Å². The minimum absolute atomic E-state index is 0. The fourth-order valence-corrected chi connectivity index (χ4v) is 16.8. The van der Waals surface area contributed by atoms with Crippen LogP contribution in [0.5, 0.6) is 57.6 Å². The molecule has 0 bridgehead atoms. The number of unbranched alkanes of at least 4 members (excludes halogenated alkanes) is 1. The number of likely N-dealkylation sites (N-methyl/N-ethyl adjacent to an activating group) is 1. The van der Waals surface area contributed by atoms with Crippen molar-refractivity contribution in [3.8, 4) is 85.9 Å². The first-order valence-corrected chi connectivity index (χ1v) is 47.4. The number of pyridine rings is 4. The van der Waals surface area contributed by atoms with Crippen LogP contribution >= 0.6 is 11.6 Å². The van der Waals surface area contributed by atoms with E-state index in [4.69, 9.17) is 60.6 Å². The minimum atomic E-state index is -0.742. The molecule has 0 atom stereocenters. The number of ether oxygens (including phenoxy) is 7. The largest absolute Gasteiger partial charge is 0.493 e. The number of ketones is 3. The molecule has 31 nitrogen and oxygen atoms in total. The van der Waals surface area contributed by atoms with Gasteiger partial charge in [-0.2, -0.15) is 20.2 Å². The summed E-state index contributed by atoms with van der Waals surface area (Å²) in [6.07, 6.45) is 16.9. The monoisotopic (exact) mass is 2020 g/mol. The Labute approximate surface area is 845 Å². The number of benzene rings is 8. The second-order valence-corrected chi connectivity index (χ2v) is 34.7. The molecular weight excluding hydrogens is 1920 g/mol. The maximum absolute atomic E-state index is 15.2. The predicted molar refractivity (Wildman–Crippen MR) is 545 cm³/mol. The van der Waals surface area contributed by atoms with E-state index < -0.39 is 51.8 Å². The highest BCUT2D eigenvalue weighted by atomic mass is 35.5. The van der Waals surface area contributed by atoms with Crippen molar-refractivity contribution >= 4 is 73.8 Å². The number of nitrogens with zero attached hydrogens (tertiary/aromatic N) is 15. The van der Waals surface area contributed by atoms with Gasteiger partial charge in [-0.1, -0.05) is 74.8 Å². The molecule has 10 heterocycles. The summed E-state index contributed by atoms with van der Waals surface area (Å²) < 4.78 is 130. The van der Waals surface area contributed by atoms with Crippen LogP contribution in [0.3, 0.4) is 0 Å². The van der Waals surface area contributed by atoms with Crippen LogP contribution in [0, 0.1) is 41.8 Å². The summed E-state index contributed by atoms with van der Waals surface area (Å²) in [5.74, 6) is -2.31. The molecule has 2 aliphatic rings. The van der Waals surface area contributed by atoms with Gasteiger partial charge < -0.3 is 59.2 Å². The smallest absolute Gasteiger partial charge is 0.269 e. The SMILES string of the molecule is C.CCCCNc1ncc2c(-c3ccc(CN4CCN(C)CC4)cc3)nn(C3CCC(O)CC3)c2n1.CCOc1ccn(-c2ccc(F)cc2)c(=O)c1C(=O)Cc1ccc(Oc2ccnc(N)c2Cl)c(F)c1.CCOc1cn(-c2ccc(F)cc2C)nc1C(=O)Cc1ccc(Oc2ccnc3cc(OC)c(OC)cc23)c(F)c1.O=C(Cc1ccc(Oc2ncnc3nc[nH]c23)c(F)c1)c1cccn(-c2ccc(F)cc2)c1=O. The Morgan fingerprint density at radius 2 is 1.16 bits per heavy atom. The first kappa shape index (κ1) is 105. The molecule has 147 heavy (non-hydrogen) atoms. The highest BCUT2D eigenvalue weighted by molar-refractivity contribution is 6.34. The van der Waals surface area contributed by atoms with E-state index in [2.05, 4.69) is 98.0 Å². The number of aliphatic hydroxyl groups is 1. The number of hydrogen-bond acceptors (Lipinski definition) is 26. The maximum atomic E-state index is 15.2. The number of H-pyrrole nitrogens is 1. The molecule has 2 fully saturated rings. The number of nitrogen functional groups attached to an aromatic ring is 1. The Hall–Kier alpha value is -16.5. The first-order valence-electron chi connectivity index (χ1n) is 47.0. The van der Waals surface area contributed by atoms with Crippen molar-refractivity contribution in [3.05, 3.63) is 343 Å². The number of fused-ring (bicyclic) bond motifs is 3. The van der Waals surface area contributed by atoms with Crippen molar-refractivity contribution in [2.24, 2.45) is 0 Å². The number of piperazine rings is 1. The van der Waals surface area contributed by atoms with Crippen LogP contribution in [0.15, 0.2) is 247 Å². The van der Waals surface area contributed by atoms with E-state index in [9.17, 15) is 51.0 Å². The molecule has 758 valence electrons. The van der Waals surface area contributed by atoms with Gasteiger partial charge in [0.1, 0.15) is 62.9 Å². The van der Waals surface area contributed by atoms with Crippen molar-refractivity contribution in [2.45, 2.75) is 112 Å². The number of carbonyl (C=O) groups excluding carboxylic acids is 3. The number of carbonyl (C=O) groups is 3. The maximum Gasteiger partial charge on any atom is 0.269 e. The standard InChI is InChI=1S/C31H27F2N3O5.C27H39N7O.C26H20ClF2N3O4.C24H15F2N5O3.CH4/c1-5-40-30-17-36(24-8-7-20(32)12-18(24)2)35-31(30)25(37)14-19-6-9-27(22(33)13-19)41-26-10-11-34-23-16-29(39-4)28(38-3)15-21(23)26;1-3-4-13-28-27-29-18-24-25(31-34(26(24)30-27)22-9-11-23(35)12-10-22)21-7-5-20(6-8-21)19-33-16-14-32(2)15-17-33;1-2-35-21-10-12-32(17-6-4-16(28)5-7-17)26(34)23(21)19(33)14-15-3-8-20(18(29)13-15)36-22-9-11-31-25(30)24(22)27;25-15-4-6-16(7-5-15)31-9-1-2-17(24(31)33)19(32)11-14-3-8-20(18(26)10-14)34-23-21-22(28-12-27-21)29-13-30-23;/h6-13,15-17H,5,14H2,1-4H3;5-8,18,22-23,35H,3-4,9-17,19H2,1-2H3,(H,28,29,30);3-13H,2,14H2,1H3,(H2,30,31);1-10,12-13H,11H2,(H,27,28,29,30);1H4. The lowest BCUT2D eigenvalue weighted by Crippen LogP contribution is -2.43. The molecule has 1 aliphatic carbocycles. The van der Waals surface area contributed by atoms with Gasteiger partial charge in [0.05, 0.1) is 74.3 Å². The number of methoxy groups -OCH3 is 2. The van der Waals surface area contributed by atoms with E-state index in [0.29, 0.717) is 96.9 Å². The lowest BCUT2D eigenvalue weighted by molar-refractivity contribution is 0.0977. The average Bonchev–Trinajstić information content (AvgIpc) is 1.63. The number of aromatic nitrogens is 14. The predicted octanol–water partition coefficient (Wildman–Crippen LogP) is 20.6. The molecule has 0 unspecified atom stereocenters. The molecule has 19 rings (SSSR count). The van der Waals surface area contributed by atoms with Crippen LogP contribution in [0.25, 0.3) is 61.4 Å². The Morgan fingerprint density at radius 1 is 0.565 bits per heavy atom. The van der Waals surface area contributed by atoms with Crippen LogP contribution in [0.4, 0.5) is 38.1 Å². The third-order valence-electron chi connectivity index (χ3n) is 24.2. The van der Waals surface area contributed by atoms with Gasteiger partial charge >= 0.3 is 0 Å². The summed E-state index contributed by atoms with van der Waals surface area (Å²) in [6, 6.07) is 47.3. The number of halogens is 7. The Balaban J connectivity index is 0.000000147. The molecule has 1 saturated heterocycles. The topological polar surface area (TPSA) is 366 Å². The van der Waals surface area contributed by atoms with Crippen molar-refractivity contribution in [1.29, 1.82) is 0 Å². The normalized spacial score (nSPS) is 13.5. The fraction of sp³-hybridized carbons (Fsp3) is 0.248. The zero-order valence-electron chi connectivity index (χ0n) is 80.5. The molecule has 17 aromatic rings.